The lowest BCUT2D eigenvalue weighted by Gasteiger charge is -2.26. The Kier molecular flexibility index (Phi) is 6.71. The van der Waals surface area contributed by atoms with Crippen LogP contribution in [-0.4, -0.2) is 54.8 Å². The number of amides is 1. The number of esters is 2. The van der Waals surface area contributed by atoms with Crippen molar-refractivity contribution in [2.75, 3.05) is 19.8 Å². The molecule has 0 aromatic heterocycles. The van der Waals surface area contributed by atoms with Gasteiger partial charge < -0.3 is 14.2 Å². The molecule has 0 N–H and O–H groups in total. The Hall–Kier alpha value is -2.05. The van der Waals surface area contributed by atoms with Crippen LogP contribution in [0.4, 0.5) is 4.79 Å². The van der Waals surface area contributed by atoms with Crippen LogP contribution in [0.25, 0.3) is 0 Å². The van der Waals surface area contributed by atoms with Gasteiger partial charge in [0.15, 0.2) is 0 Å². The summed E-state index contributed by atoms with van der Waals surface area (Å²) in [4.78, 5) is 37.0. The van der Waals surface area contributed by atoms with Crippen molar-refractivity contribution in [2.45, 2.75) is 38.8 Å². The third-order valence-corrected chi connectivity index (χ3v) is 3.04. The molecule has 2 unspecified atom stereocenters. The van der Waals surface area contributed by atoms with Crippen LogP contribution >= 0.6 is 0 Å². The maximum Gasteiger partial charge on any atom is 0.411 e. The van der Waals surface area contributed by atoms with Gasteiger partial charge in [-0.2, -0.15) is 0 Å². The van der Waals surface area contributed by atoms with Crippen molar-refractivity contribution >= 4 is 18.0 Å². The highest BCUT2D eigenvalue weighted by Crippen LogP contribution is 2.27. The van der Waals surface area contributed by atoms with E-state index in [1.807, 2.05) is 0 Å². The highest BCUT2D eigenvalue weighted by Gasteiger charge is 2.46. The molecule has 0 aliphatic carbocycles. The van der Waals surface area contributed by atoms with Crippen molar-refractivity contribution in [3.05, 3.63) is 12.7 Å². The van der Waals surface area contributed by atoms with Gasteiger partial charge in [0.1, 0.15) is 18.7 Å². The third-order valence-electron chi connectivity index (χ3n) is 3.04. The molecule has 1 aliphatic rings. The van der Waals surface area contributed by atoms with Crippen molar-refractivity contribution in [3.63, 3.8) is 0 Å². The number of carbonyl (C=O) groups excluding carboxylic acids is 3. The van der Waals surface area contributed by atoms with Gasteiger partial charge in [0, 0.05) is 0 Å². The fourth-order valence-corrected chi connectivity index (χ4v) is 2.21. The van der Waals surface area contributed by atoms with Crippen molar-refractivity contribution in [2.24, 2.45) is 0 Å². The second kappa shape index (κ2) is 8.28. The largest absolute Gasteiger partial charge is 0.464 e. The normalized spacial score (nSPS) is 20.8. The first-order valence-electron chi connectivity index (χ1n) is 6.96. The fourth-order valence-electron chi connectivity index (χ4n) is 2.21. The highest BCUT2D eigenvalue weighted by atomic mass is 16.6. The molecule has 1 rings (SSSR count). The number of rotatable bonds is 6. The Bertz CT molecular complexity index is 382. The standard InChI is InChI=1S/C14H21NO6/c1-4-9-21-14(18)15-10(12(16)19-5-2)7-8-11(15)13(17)20-6-3/h4,10-11H,1,5-9H2,2-3H3. The first-order valence-corrected chi connectivity index (χ1v) is 6.96. The topological polar surface area (TPSA) is 82.1 Å². The van der Waals surface area contributed by atoms with Gasteiger partial charge in [0.2, 0.25) is 0 Å². The van der Waals surface area contributed by atoms with Gasteiger partial charge in [-0.25, -0.2) is 14.4 Å². The summed E-state index contributed by atoms with van der Waals surface area (Å²) < 4.78 is 14.8. The molecule has 7 heteroatoms. The molecule has 21 heavy (non-hydrogen) atoms. The SMILES string of the molecule is C=CCOC(=O)N1C(C(=O)OCC)CCC1C(=O)OCC. The van der Waals surface area contributed by atoms with E-state index in [1.165, 1.54) is 6.08 Å². The Balaban J connectivity index is 2.89. The van der Waals surface area contributed by atoms with Gasteiger partial charge in [0.25, 0.3) is 0 Å². The summed E-state index contributed by atoms with van der Waals surface area (Å²) in [5, 5.41) is 0. The fraction of sp³-hybridized carbons (Fsp3) is 0.643. The third kappa shape index (κ3) is 4.21. The number of ether oxygens (including phenoxy) is 3. The number of likely N-dealkylation sites (tertiary alicyclic amines) is 1. The molecule has 1 aliphatic heterocycles. The van der Waals surface area contributed by atoms with Crippen LogP contribution in [0.5, 0.6) is 0 Å². The van der Waals surface area contributed by atoms with Crippen LogP contribution in [-0.2, 0) is 23.8 Å². The maximum absolute atomic E-state index is 12.1. The molecule has 1 heterocycles. The Morgan fingerprint density at radius 3 is 1.90 bits per heavy atom. The number of nitrogens with zero attached hydrogens (tertiary/aromatic N) is 1. The smallest absolute Gasteiger partial charge is 0.411 e. The van der Waals surface area contributed by atoms with E-state index in [9.17, 15) is 14.4 Å². The van der Waals surface area contributed by atoms with E-state index in [0.29, 0.717) is 12.8 Å². The lowest BCUT2D eigenvalue weighted by Crippen LogP contribution is -2.49. The summed E-state index contributed by atoms with van der Waals surface area (Å²) in [6.45, 7) is 7.21. The van der Waals surface area contributed by atoms with E-state index < -0.39 is 30.1 Å². The lowest BCUT2D eigenvalue weighted by molar-refractivity contribution is -0.152. The molecular formula is C14H21NO6. The average molecular weight is 299 g/mol. The van der Waals surface area contributed by atoms with Gasteiger partial charge in [-0.3, -0.25) is 4.90 Å². The zero-order valence-electron chi connectivity index (χ0n) is 12.4. The van der Waals surface area contributed by atoms with Crippen LogP contribution in [0.3, 0.4) is 0 Å². The predicted octanol–water partition coefficient (Wildman–Crippen LogP) is 1.27. The van der Waals surface area contributed by atoms with Crippen molar-refractivity contribution in [3.8, 4) is 0 Å². The number of hydrogen-bond donors (Lipinski definition) is 0. The first-order chi connectivity index (χ1) is 10.1. The molecule has 0 bridgehead atoms. The van der Waals surface area contributed by atoms with Crippen LogP contribution < -0.4 is 0 Å². The summed E-state index contributed by atoms with van der Waals surface area (Å²) in [5.74, 6) is -1.08. The first kappa shape index (κ1) is 17.0. The van der Waals surface area contributed by atoms with E-state index >= 15 is 0 Å². The van der Waals surface area contributed by atoms with Crippen molar-refractivity contribution in [1.29, 1.82) is 0 Å². The van der Waals surface area contributed by atoms with Crippen LogP contribution in [0.2, 0.25) is 0 Å². The molecule has 1 fully saturated rings. The van der Waals surface area contributed by atoms with Crippen molar-refractivity contribution in [1.82, 2.24) is 4.90 Å². The minimum atomic E-state index is -0.823. The Morgan fingerprint density at radius 2 is 1.52 bits per heavy atom. The zero-order chi connectivity index (χ0) is 15.8. The van der Waals surface area contributed by atoms with E-state index in [1.54, 1.807) is 13.8 Å². The van der Waals surface area contributed by atoms with Gasteiger partial charge in [-0.1, -0.05) is 12.7 Å². The van der Waals surface area contributed by atoms with Crippen LogP contribution in [0.1, 0.15) is 26.7 Å². The van der Waals surface area contributed by atoms with Gasteiger partial charge in [0.05, 0.1) is 13.2 Å². The molecule has 1 amide bonds. The second-order valence-electron chi connectivity index (χ2n) is 4.39. The van der Waals surface area contributed by atoms with E-state index in [0.717, 1.165) is 4.90 Å². The zero-order valence-corrected chi connectivity index (χ0v) is 12.4. The Labute approximate surface area is 123 Å². The summed E-state index contributed by atoms with van der Waals surface area (Å²) >= 11 is 0. The highest BCUT2D eigenvalue weighted by molar-refractivity contribution is 5.88. The quantitative estimate of drug-likeness (QED) is 0.417. The summed E-state index contributed by atoms with van der Waals surface area (Å²) in [6, 6.07) is -1.65. The molecule has 2 atom stereocenters. The molecule has 118 valence electrons. The molecule has 0 saturated carbocycles. The molecule has 0 radical (unpaired) electrons. The summed E-state index contributed by atoms with van der Waals surface area (Å²) in [6.07, 6.45) is 1.34. The van der Waals surface area contributed by atoms with Gasteiger partial charge in [-0.15, -0.1) is 0 Å². The lowest BCUT2D eigenvalue weighted by atomic mass is 10.2. The second-order valence-corrected chi connectivity index (χ2v) is 4.39. The van der Waals surface area contributed by atoms with Crippen LogP contribution in [0, 0.1) is 0 Å². The molecule has 1 saturated heterocycles. The van der Waals surface area contributed by atoms with E-state index in [2.05, 4.69) is 6.58 Å². The summed E-state index contributed by atoms with van der Waals surface area (Å²) in [7, 11) is 0. The molecular weight excluding hydrogens is 278 g/mol. The number of carbonyl (C=O) groups is 3. The van der Waals surface area contributed by atoms with Crippen molar-refractivity contribution < 1.29 is 28.6 Å². The minimum absolute atomic E-state index is 0.000421. The Morgan fingerprint density at radius 1 is 1.05 bits per heavy atom. The molecule has 0 spiro atoms. The minimum Gasteiger partial charge on any atom is -0.464 e. The molecule has 7 nitrogen and oxygen atoms in total. The van der Waals surface area contributed by atoms with E-state index in [-0.39, 0.29) is 19.8 Å². The van der Waals surface area contributed by atoms with Gasteiger partial charge in [-0.05, 0) is 26.7 Å². The number of hydrogen-bond acceptors (Lipinski definition) is 6. The van der Waals surface area contributed by atoms with Crippen LogP contribution in [0.15, 0.2) is 12.7 Å². The summed E-state index contributed by atoms with van der Waals surface area (Å²) in [5.41, 5.74) is 0. The molecule has 0 aromatic carbocycles. The monoisotopic (exact) mass is 299 g/mol. The van der Waals surface area contributed by atoms with E-state index in [4.69, 9.17) is 14.2 Å². The predicted molar refractivity (Wildman–Crippen MR) is 73.5 cm³/mol. The van der Waals surface area contributed by atoms with Gasteiger partial charge >= 0.3 is 18.0 Å². The maximum atomic E-state index is 12.1. The molecule has 0 aromatic rings. The average Bonchev–Trinajstić information content (AvgIpc) is 2.90.